The fourth-order valence-corrected chi connectivity index (χ4v) is 4.17. The number of para-hydroxylation sites is 2. The summed E-state index contributed by atoms with van der Waals surface area (Å²) < 4.78 is 14.5. The zero-order valence-corrected chi connectivity index (χ0v) is 16.2. The molecule has 0 saturated heterocycles. The Kier molecular flexibility index (Phi) is 3.95. The van der Waals surface area contributed by atoms with E-state index < -0.39 is 6.10 Å². The van der Waals surface area contributed by atoms with Gasteiger partial charge in [0.15, 0.2) is 23.4 Å². The minimum Gasteiger partial charge on any atom is -0.485 e. The molecule has 0 spiro atoms. The molecule has 1 aliphatic heterocycles. The maximum atomic E-state index is 12.7. The highest BCUT2D eigenvalue weighted by molar-refractivity contribution is 9.10. The van der Waals surface area contributed by atoms with Crippen molar-refractivity contribution in [2.24, 2.45) is 0 Å². The van der Waals surface area contributed by atoms with Crippen LogP contribution in [0, 0.1) is 0 Å². The molecule has 4 aromatic rings. The van der Waals surface area contributed by atoms with Crippen molar-refractivity contribution in [2.45, 2.75) is 6.10 Å². The first kappa shape index (κ1) is 16.5. The number of hydrogen-bond acceptors (Lipinski definition) is 6. The molecule has 0 unspecified atom stereocenters. The molecule has 1 aliphatic rings. The van der Waals surface area contributed by atoms with Crippen molar-refractivity contribution in [3.05, 3.63) is 79.3 Å². The lowest BCUT2D eigenvalue weighted by Gasteiger charge is -2.24. The monoisotopic (exact) mass is 441 g/mol. The van der Waals surface area contributed by atoms with Gasteiger partial charge in [-0.1, -0.05) is 57.6 Å². The van der Waals surface area contributed by atoms with E-state index in [-0.39, 0.29) is 5.56 Å². The van der Waals surface area contributed by atoms with Crippen molar-refractivity contribution < 1.29 is 9.47 Å². The molecule has 0 fully saturated rings. The van der Waals surface area contributed by atoms with Gasteiger partial charge >= 0.3 is 0 Å². The molecule has 6 nitrogen and oxygen atoms in total. The molecule has 0 saturated carbocycles. The van der Waals surface area contributed by atoms with Gasteiger partial charge in [-0.15, -0.1) is 5.10 Å². The lowest BCUT2D eigenvalue weighted by atomic mass is 10.2. The Labute approximate surface area is 165 Å². The molecular weight excluding hydrogens is 430 g/mol. The van der Waals surface area contributed by atoms with Crippen LogP contribution in [0.3, 0.4) is 0 Å². The molecule has 8 heteroatoms. The highest BCUT2D eigenvalue weighted by atomic mass is 79.9. The second-order valence-corrected chi connectivity index (χ2v) is 7.83. The first-order chi connectivity index (χ1) is 13.2. The Balaban J connectivity index is 1.52. The molecule has 1 atom stereocenters. The summed E-state index contributed by atoms with van der Waals surface area (Å²) in [6, 6.07) is 15.2. The van der Waals surface area contributed by atoms with Crippen LogP contribution < -0.4 is 19.6 Å². The summed E-state index contributed by atoms with van der Waals surface area (Å²) in [6.07, 6.45) is 1.39. The summed E-state index contributed by atoms with van der Waals surface area (Å²) in [4.78, 5) is 17.7. The van der Waals surface area contributed by atoms with Crippen LogP contribution in [-0.4, -0.2) is 21.2 Å². The average molecular weight is 442 g/mol. The van der Waals surface area contributed by atoms with E-state index in [2.05, 4.69) is 26.0 Å². The van der Waals surface area contributed by atoms with Crippen LogP contribution in [0.2, 0.25) is 0 Å². The van der Waals surface area contributed by atoms with E-state index in [0.29, 0.717) is 33.4 Å². The molecule has 0 N–H and O–H groups in total. The summed E-state index contributed by atoms with van der Waals surface area (Å²) in [5.74, 6) is 1.79. The molecule has 2 aromatic heterocycles. The third-order valence-corrected chi connectivity index (χ3v) is 5.87. The van der Waals surface area contributed by atoms with Crippen molar-refractivity contribution >= 4 is 38.3 Å². The zero-order valence-electron chi connectivity index (χ0n) is 13.8. The standard InChI is InChI=1S/C19H12BrN3O3S/c20-12-6-2-1-5-11(12)9-16-18(24)23-19(27-16)21-17(22-23)15-10-25-13-7-3-4-8-14(13)26-15/h1-9,15H,10H2/t15-/m0/s1. The topological polar surface area (TPSA) is 65.7 Å². The van der Waals surface area contributed by atoms with Gasteiger partial charge in [0.05, 0.1) is 4.53 Å². The van der Waals surface area contributed by atoms with E-state index in [4.69, 9.17) is 9.47 Å². The first-order valence-corrected chi connectivity index (χ1v) is 9.84. The molecule has 0 radical (unpaired) electrons. The molecule has 0 amide bonds. The number of thiazole rings is 1. The molecule has 0 bridgehead atoms. The fraction of sp³-hybridized carbons (Fsp3) is 0.105. The highest BCUT2D eigenvalue weighted by Crippen LogP contribution is 2.35. The van der Waals surface area contributed by atoms with E-state index in [9.17, 15) is 4.79 Å². The highest BCUT2D eigenvalue weighted by Gasteiger charge is 2.27. The lowest BCUT2D eigenvalue weighted by molar-refractivity contribution is 0.0852. The van der Waals surface area contributed by atoms with Crippen LogP contribution in [0.4, 0.5) is 0 Å². The van der Waals surface area contributed by atoms with Crippen molar-refractivity contribution in [3.8, 4) is 11.5 Å². The number of nitrogens with zero attached hydrogens (tertiary/aromatic N) is 3. The fourth-order valence-electron chi connectivity index (χ4n) is 2.87. The summed E-state index contributed by atoms with van der Waals surface area (Å²) in [5, 5.41) is 4.36. The van der Waals surface area contributed by atoms with E-state index >= 15 is 0 Å². The quantitative estimate of drug-likeness (QED) is 0.478. The van der Waals surface area contributed by atoms with Gasteiger partial charge in [0, 0.05) is 4.47 Å². The number of rotatable bonds is 2. The van der Waals surface area contributed by atoms with Crippen molar-refractivity contribution in [1.29, 1.82) is 0 Å². The van der Waals surface area contributed by atoms with Gasteiger partial charge in [-0.2, -0.15) is 9.50 Å². The van der Waals surface area contributed by atoms with E-state index in [1.54, 1.807) is 0 Å². The average Bonchev–Trinajstić information content (AvgIpc) is 3.23. The Morgan fingerprint density at radius 1 is 1.15 bits per heavy atom. The smallest absolute Gasteiger partial charge is 0.291 e. The van der Waals surface area contributed by atoms with Gasteiger partial charge < -0.3 is 9.47 Å². The molecule has 27 heavy (non-hydrogen) atoms. The van der Waals surface area contributed by atoms with Gasteiger partial charge in [-0.25, -0.2) is 0 Å². The summed E-state index contributed by atoms with van der Waals surface area (Å²) in [5.41, 5.74) is 0.738. The Hall–Kier alpha value is -2.71. The van der Waals surface area contributed by atoms with Gasteiger partial charge in [0.2, 0.25) is 4.96 Å². The molecule has 5 rings (SSSR count). The first-order valence-electron chi connectivity index (χ1n) is 8.23. The number of halogens is 1. The van der Waals surface area contributed by atoms with E-state index in [1.165, 1.54) is 15.9 Å². The maximum Gasteiger partial charge on any atom is 0.291 e. The van der Waals surface area contributed by atoms with Crippen molar-refractivity contribution in [1.82, 2.24) is 14.6 Å². The molecule has 0 aliphatic carbocycles. The second-order valence-electron chi connectivity index (χ2n) is 5.97. The van der Waals surface area contributed by atoms with Crippen LogP contribution in [0.25, 0.3) is 11.0 Å². The molecule has 134 valence electrons. The second kappa shape index (κ2) is 6.47. The van der Waals surface area contributed by atoms with Crippen LogP contribution in [0.1, 0.15) is 17.5 Å². The van der Waals surface area contributed by atoms with Gasteiger partial charge in [0.25, 0.3) is 5.56 Å². The summed E-state index contributed by atoms with van der Waals surface area (Å²) in [6.45, 7) is 0.305. The number of hydrogen-bond donors (Lipinski definition) is 0. The lowest BCUT2D eigenvalue weighted by Crippen LogP contribution is -2.26. The van der Waals surface area contributed by atoms with Crippen molar-refractivity contribution in [3.63, 3.8) is 0 Å². The predicted octanol–water partition coefficient (Wildman–Crippen LogP) is 2.97. The van der Waals surface area contributed by atoms with Crippen LogP contribution >= 0.6 is 27.3 Å². The van der Waals surface area contributed by atoms with Crippen LogP contribution in [0.5, 0.6) is 11.5 Å². The normalized spacial score (nSPS) is 16.8. The Morgan fingerprint density at radius 3 is 2.74 bits per heavy atom. The molecule has 2 aromatic carbocycles. The third-order valence-electron chi connectivity index (χ3n) is 4.19. The largest absolute Gasteiger partial charge is 0.485 e. The third kappa shape index (κ3) is 2.90. The zero-order chi connectivity index (χ0) is 18.4. The number of fused-ring (bicyclic) bond motifs is 2. The van der Waals surface area contributed by atoms with Gasteiger partial charge in [-0.05, 0) is 29.8 Å². The number of ether oxygens (including phenoxy) is 2. The Bertz CT molecular complexity index is 1270. The summed E-state index contributed by atoms with van der Waals surface area (Å²) >= 11 is 4.79. The van der Waals surface area contributed by atoms with E-state index in [0.717, 1.165) is 10.0 Å². The van der Waals surface area contributed by atoms with Gasteiger partial charge in [-0.3, -0.25) is 4.79 Å². The number of aromatic nitrogens is 3. The summed E-state index contributed by atoms with van der Waals surface area (Å²) in [7, 11) is 0. The minimum absolute atomic E-state index is 0.193. The Morgan fingerprint density at radius 2 is 1.93 bits per heavy atom. The maximum absolute atomic E-state index is 12.7. The van der Waals surface area contributed by atoms with Crippen LogP contribution in [0.15, 0.2) is 57.8 Å². The predicted molar refractivity (Wildman–Crippen MR) is 105 cm³/mol. The number of benzene rings is 2. The molecular formula is C19H12BrN3O3S. The minimum atomic E-state index is -0.443. The molecule has 3 heterocycles. The van der Waals surface area contributed by atoms with Crippen molar-refractivity contribution in [2.75, 3.05) is 6.61 Å². The SMILES string of the molecule is O=c1c(=Cc2ccccc2Br)sc2nc([C@@H]3COc4ccccc4O3)nn12. The van der Waals surface area contributed by atoms with Gasteiger partial charge in [0.1, 0.15) is 6.61 Å². The van der Waals surface area contributed by atoms with Crippen LogP contribution in [-0.2, 0) is 0 Å². The van der Waals surface area contributed by atoms with E-state index in [1.807, 2.05) is 54.6 Å².